The molecular weight excluding hydrogens is 270 g/mol. The zero-order chi connectivity index (χ0) is 15.8. The fraction of sp³-hybridized carbons (Fsp3) is 0.700. The number of rotatable bonds is 9. The number of hydrogen-bond acceptors (Lipinski definition) is 2. The van der Waals surface area contributed by atoms with Crippen LogP contribution in [0.1, 0.15) is 68.1 Å². The van der Waals surface area contributed by atoms with E-state index in [1.807, 2.05) is 0 Å². The van der Waals surface area contributed by atoms with Gasteiger partial charge in [0.2, 0.25) is 0 Å². The van der Waals surface area contributed by atoms with Crippen LogP contribution in [-0.4, -0.2) is 20.3 Å². The molecule has 1 aromatic rings. The third-order valence-electron chi connectivity index (χ3n) is 5.16. The number of nitrogens with two attached hydrogens (primary N) is 1. The molecule has 2 atom stereocenters. The molecule has 1 aromatic carbocycles. The minimum atomic E-state index is 0.544. The maximum atomic E-state index is 5.96. The largest absolute Gasteiger partial charge is 0.385 e. The predicted octanol–water partition coefficient (Wildman–Crippen LogP) is 4.45. The number of ether oxygens (including phenoxy) is 1. The van der Waals surface area contributed by atoms with E-state index in [1.54, 1.807) is 18.2 Å². The van der Waals surface area contributed by atoms with Gasteiger partial charge in [0.05, 0.1) is 0 Å². The van der Waals surface area contributed by atoms with Gasteiger partial charge in [-0.3, -0.25) is 0 Å². The standard InChI is InChI=1S/C20H33NO/c1-3-6-20(15-21)19-11-10-17-13-16(7-4-5-12-22-2)8-9-18(17)14-19/h10-11,14,16,20H,3-9,12-13,15,21H2,1-2H3. The normalized spacial score (nSPS) is 19.0. The zero-order valence-corrected chi connectivity index (χ0v) is 14.4. The summed E-state index contributed by atoms with van der Waals surface area (Å²) in [5, 5.41) is 0. The van der Waals surface area contributed by atoms with Gasteiger partial charge in [-0.1, -0.05) is 44.4 Å². The maximum Gasteiger partial charge on any atom is 0.0462 e. The number of fused-ring (bicyclic) bond motifs is 1. The lowest BCUT2D eigenvalue weighted by molar-refractivity contribution is 0.189. The van der Waals surface area contributed by atoms with Crippen molar-refractivity contribution < 1.29 is 4.74 Å². The van der Waals surface area contributed by atoms with Crippen LogP contribution in [0.4, 0.5) is 0 Å². The monoisotopic (exact) mass is 303 g/mol. The van der Waals surface area contributed by atoms with Gasteiger partial charge in [-0.05, 0) is 67.2 Å². The van der Waals surface area contributed by atoms with Crippen molar-refractivity contribution in [2.24, 2.45) is 11.7 Å². The van der Waals surface area contributed by atoms with Gasteiger partial charge in [0.15, 0.2) is 0 Å². The van der Waals surface area contributed by atoms with E-state index in [2.05, 4.69) is 25.1 Å². The lowest BCUT2D eigenvalue weighted by Gasteiger charge is -2.26. The summed E-state index contributed by atoms with van der Waals surface area (Å²) in [5.74, 6) is 1.42. The highest BCUT2D eigenvalue weighted by atomic mass is 16.5. The van der Waals surface area contributed by atoms with Gasteiger partial charge < -0.3 is 10.5 Å². The quantitative estimate of drug-likeness (QED) is 0.684. The van der Waals surface area contributed by atoms with E-state index < -0.39 is 0 Å². The molecule has 0 amide bonds. The first kappa shape index (κ1) is 17.5. The first-order valence-electron chi connectivity index (χ1n) is 9.09. The Labute approximate surface area is 136 Å². The van der Waals surface area contributed by atoms with Gasteiger partial charge in [-0.25, -0.2) is 0 Å². The lowest BCUT2D eigenvalue weighted by atomic mass is 9.79. The van der Waals surface area contributed by atoms with Gasteiger partial charge in [-0.2, -0.15) is 0 Å². The summed E-state index contributed by atoms with van der Waals surface area (Å²) in [7, 11) is 1.79. The van der Waals surface area contributed by atoms with Crippen LogP contribution in [0.5, 0.6) is 0 Å². The maximum absolute atomic E-state index is 5.96. The van der Waals surface area contributed by atoms with E-state index in [0.29, 0.717) is 5.92 Å². The highest BCUT2D eigenvalue weighted by molar-refractivity contribution is 5.36. The van der Waals surface area contributed by atoms with Crippen LogP contribution in [0.3, 0.4) is 0 Å². The number of aryl methyl sites for hydroxylation is 1. The Morgan fingerprint density at radius 2 is 2.14 bits per heavy atom. The Morgan fingerprint density at radius 3 is 2.86 bits per heavy atom. The SMILES string of the molecule is CCCC(CN)c1ccc2c(c1)CCC(CCCCOC)C2. The average molecular weight is 303 g/mol. The fourth-order valence-electron chi connectivity index (χ4n) is 3.80. The Morgan fingerprint density at radius 1 is 1.27 bits per heavy atom. The van der Waals surface area contributed by atoms with E-state index in [4.69, 9.17) is 10.5 Å². The van der Waals surface area contributed by atoms with Crippen molar-refractivity contribution in [3.05, 3.63) is 34.9 Å². The highest BCUT2D eigenvalue weighted by Gasteiger charge is 2.19. The molecule has 2 heteroatoms. The molecule has 0 saturated carbocycles. The first-order valence-corrected chi connectivity index (χ1v) is 9.09. The van der Waals surface area contributed by atoms with Gasteiger partial charge in [0.25, 0.3) is 0 Å². The van der Waals surface area contributed by atoms with Gasteiger partial charge in [-0.15, -0.1) is 0 Å². The number of hydrogen-bond donors (Lipinski definition) is 1. The van der Waals surface area contributed by atoms with Gasteiger partial charge in [0, 0.05) is 13.7 Å². The molecule has 1 aliphatic carbocycles. The molecule has 0 aromatic heterocycles. The van der Waals surface area contributed by atoms with Crippen molar-refractivity contribution in [1.29, 1.82) is 0 Å². The molecule has 0 radical (unpaired) electrons. The van der Waals surface area contributed by atoms with Gasteiger partial charge >= 0.3 is 0 Å². The zero-order valence-electron chi connectivity index (χ0n) is 14.4. The summed E-state index contributed by atoms with van der Waals surface area (Å²) in [6.45, 7) is 3.93. The van der Waals surface area contributed by atoms with E-state index in [9.17, 15) is 0 Å². The van der Waals surface area contributed by atoms with E-state index in [1.165, 1.54) is 56.9 Å². The minimum absolute atomic E-state index is 0.544. The van der Waals surface area contributed by atoms with E-state index in [0.717, 1.165) is 19.1 Å². The van der Waals surface area contributed by atoms with Crippen molar-refractivity contribution in [3.8, 4) is 0 Å². The van der Waals surface area contributed by atoms with Crippen molar-refractivity contribution in [2.75, 3.05) is 20.3 Å². The second-order valence-electron chi connectivity index (χ2n) is 6.85. The topological polar surface area (TPSA) is 35.2 Å². The molecule has 2 unspecified atom stereocenters. The van der Waals surface area contributed by atoms with Crippen LogP contribution in [0.25, 0.3) is 0 Å². The molecule has 2 nitrogen and oxygen atoms in total. The predicted molar refractivity (Wildman–Crippen MR) is 94.4 cm³/mol. The Hall–Kier alpha value is -0.860. The van der Waals surface area contributed by atoms with Crippen molar-refractivity contribution in [1.82, 2.24) is 0 Å². The molecule has 0 heterocycles. The molecule has 124 valence electrons. The summed E-state index contributed by atoms with van der Waals surface area (Å²) in [5.41, 5.74) is 10.6. The molecule has 22 heavy (non-hydrogen) atoms. The third kappa shape index (κ3) is 4.82. The molecule has 1 aliphatic rings. The number of benzene rings is 1. The van der Waals surface area contributed by atoms with Crippen molar-refractivity contribution in [3.63, 3.8) is 0 Å². The van der Waals surface area contributed by atoms with Crippen LogP contribution in [-0.2, 0) is 17.6 Å². The first-order chi connectivity index (χ1) is 10.8. The molecule has 0 saturated heterocycles. The molecule has 2 rings (SSSR count). The Bertz CT molecular complexity index is 443. The van der Waals surface area contributed by atoms with Crippen molar-refractivity contribution in [2.45, 2.75) is 64.2 Å². The van der Waals surface area contributed by atoms with Crippen LogP contribution in [0.2, 0.25) is 0 Å². The second kappa shape index (κ2) is 9.32. The molecule has 0 bridgehead atoms. The van der Waals surface area contributed by atoms with E-state index >= 15 is 0 Å². The summed E-state index contributed by atoms with van der Waals surface area (Å²) in [6, 6.07) is 7.16. The van der Waals surface area contributed by atoms with Crippen LogP contribution < -0.4 is 5.73 Å². The van der Waals surface area contributed by atoms with Crippen LogP contribution >= 0.6 is 0 Å². The summed E-state index contributed by atoms with van der Waals surface area (Å²) < 4.78 is 5.14. The summed E-state index contributed by atoms with van der Waals surface area (Å²) in [4.78, 5) is 0. The minimum Gasteiger partial charge on any atom is -0.385 e. The smallest absolute Gasteiger partial charge is 0.0462 e. The summed E-state index contributed by atoms with van der Waals surface area (Å²) in [6.07, 6.45) is 10.1. The average Bonchev–Trinajstić information content (AvgIpc) is 2.56. The highest BCUT2D eigenvalue weighted by Crippen LogP contribution is 2.31. The van der Waals surface area contributed by atoms with Crippen LogP contribution in [0.15, 0.2) is 18.2 Å². The second-order valence-corrected chi connectivity index (χ2v) is 6.85. The Balaban J connectivity index is 1.93. The molecular formula is C20H33NO. The number of methoxy groups -OCH3 is 1. The molecule has 0 aliphatic heterocycles. The fourth-order valence-corrected chi connectivity index (χ4v) is 3.80. The molecule has 2 N–H and O–H groups in total. The van der Waals surface area contributed by atoms with Crippen molar-refractivity contribution >= 4 is 0 Å². The molecule has 0 fully saturated rings. The van der Waals surface area contributed by atoms with E-state index in [-0.39, 0.29) is 0 Å². The third-order valence-corrected chi connectivity index (χ3v) is 5.16. The van der Waals surface area contributed by atoms with Gasteiger partial charge in [0.1, 0.15) is 0 Å². The Kier molecular flexibility index (Phi) is 7.41. The van der Waals surface area contributed by atoms with Crippen LogP contribution in [0, 0.1) is 5.92 Å². The number of unbranched alkanes of at least 4 members (excludes halogenated alkanes) is 1. The lowest BCUT2D eigenvalue weighted by Crippen LogP contribution is -2.17. The molecule has 0 spiro atoms. The summed E-state index contributed by atoms with van der Waals surface area (Å²) >= 11 is 0.